The average molecular weight is 267 g/mol. The zero-order valence-electron chi connectivity index (χ0n) is 13.0. The van der Waals surface area contributed by atoms with Crippen molar-refractivity contribution in [2.75, 3.05) is 13.2 Å². The van der Waals surface area contributed by atoms with E-state index in [-0.39, 0.29) is 0 Å². The summed E-state index contributed by atoms with van der Waals surface area (Å²) in [6.45, 7) is 6.96. The summed E-state index contributed by atoms with van der Waals surface area (Å²) in [6, 6.07) is 0.706. The molecule has 0 bridgehead atoms. The van der Waals surface area contributed by atoms with Gasteiger partial charge in [0.25, 0.3) is 0 Å². The lowest BCUT2D eigenvalue weighted by Gasteiger charge is -2.42. The van der Waals surface area contributed by atoms with E-state index in [9.17, 15) is 0 Å². The summed E-state index contributed by atoms with van der Waals surface area (Å²) < 4.78 is 5.80. The number of ether oxygens (including phenoxy) is 1. The Bertz CT molecular complexity index is 242. The number of hydrogen-bond acceptors (Lipinski definition) is 2. The lowest BCUT2D eigenvalue weighted by Crippen LogP contribution is -2.45. The van der Waals surface area contributed by atoms with Crippen molar-refractivity contribution >= 4 is 0 Å². The van der Waals surface area contributed by atoms with E-state index in [0.717, 1.165) is 6.61 Å². The van der Waals surface area contributed by atoms with Gasteiger partial charge in [0.05, 0.1) is 6.10 Å². The summed E-state index contributed by atoms with van der Waals surface area (Å²) in [5, 5.41) is 3.85. The van der Waals surface area contributed by atoms with Gasteiger partial charge in [-0.3, -0.25) is 0 Å². The highest BCUT2D eigenvalue weighted by Gasteiger charge is 2.35. The third kappa shape index (κ3) is 4.46. The molecule has 0 spiro atoms. The Morgan fingerprint density at radius 1 is 1.21 bits per heavy atom. The van der Waals surface area contributed by atoms with Gasteiger partial charge in [0.1, 0.15) is 0 Å². The van der Waals surface area contributed by atoms with Gasteiger partial charge in [0.2, 0.25) is 0 Å². The fraction of sp³-hybridized carbons (Fsp3) is 1.00. The first-order chi connectivity index (χ1) is 9.24. The van der Waals surface area contributed by atoms with Gasteiger partial charge >= 0.3 is 0 Å². The first-order valence-corrected chi connectivity index (χ1v) is 8.59. The zero-order chi connectivity index (χ0) is 13.6. The van der Waals surface area contributed by atoms with E-state index in [1.54, 1.807) is 0 Å². The molecule has 0 amide bonds. The van der Waals surface area contributed by atoms with Crippen molar-refractivity contribution in [3.63, 3.8) is 0 Å². The van der Waals surface area contributed by atoms with Crippen LogP contribution < -0.4 is 5.32 Å². The molecular formula is C17H33NO. The van der Waals surface area contributed by atoms with Crippen LogP contribution >= 0.6 is 0 Å². The standard InChI is InChI=1S/C17H33NO/c1-3-13-18-16(10-9-15-8-7-14-19-15)17(2)11-5-4-6-12-17/h15-16,18H,3-14H2,1-2H3. The fourth-order valence-electron chi connectivity index (χ4n) is 3.95. The lowest BCUT2D eigenvalue weighted by molar-refractivity contribution is 0.0820. The molecule has 2 rings (SSSR count). The van der Waals surface area contributed by atoms with Crippen LogP contribution in [0.15, 0.2) is 0 Å². The Labute approximate surface area is 119 Å². The Morgan fingerprint density at radius 3 is 2.63 bits per heavy atom. The van der Waals surface area contributed by atoms with Gasteiger partial charge in [-0.1, -0.05) is 33.1 Å². The van der Waals surface area contributed by atoms with E-state index in [4.69, 9.17) is 4.74 Å². The van der Waals surface area contributed by atoms with Crippen LogP contribution in [0.4, 0.5) is 0 Å². The molecule has 112 valence electrons. The molecule has 0 aromatic heterocycles. The van der Waals surface area contributed by atoms with Gasteiger partial charge in [0, 0.05) is 12.6 Å². The highest BCUT2D eigenvalue weighted by Crippen LogP contribution is 2.40. The number of nitrogens with one attached hydrogen (secondary N) is 1. The van der Waals surface area contributed by atoms with Crippen LogP contribution in [0.2, 0.25) is 0 Å². The molecule has 1 saturated carbocycles. The molecule has 0 radical (unpaired) electrons. The maximum atomic E-state index is 5.80. The molecule has 2 aliphatic rings. The Hall–Kier alpha value is -0.0800. The van der Waals surface area contributed by atoms with E-state index in [0.29, 0.717) is 17.6 Å². The molecule has 1 saturated heterocycles. The first kappa shape index (κ1) is 15.3. The van der Waals surface area contributed by atoms with Gasteiger partial charge in [0.15, 0.2) is 0 Å². The highest BCUT2D eigenvalue weighted by atomic mass is 16.5. The van der Waals surface area contributed by atoms with Crippen molar-refractivity contribution in [2.45, 2.75) is 90.2 Å². The van der Waals surface area contributed by atoms with Crippen LogP contribution in [-0.2, 0) is 4.74 Å². The third-order valence-electron chi connectivity index (χ3n) is 5.28. The molecule has 0 aromatic carbocycles. The maximum absolute atomic E-state index is 5.80. The van der Waals surface area contributed by atoms with Crippen molar-refractivity contribution in [1.29, 1.82) is 0 Å². The predicted molar refractivity (Wildman–Crippen MR) is 81.5 cm³/mol. The van der Waals surface area contributed by atoms with E-state index in [2.05, 4.69) is 19.2 Å². The fourth-order valence-corrected chi connectivity index (χ4v) is 3.95. The lowest BCUT2D eigenvalue weighted by atomic mass is 9.69. The van der Waals surface area contributed by atoms with E-state index < -0.39 is 0 Å². The van der Waals surface area contributed by atoms with Crippen molar-refractivity contribution in [1.82, 2.24) is 5.32 Å². The van der Waals surface area contributed by atoms with Crippen LogP contribution in [-0.4, -0.2) is 25.3 Å². The van der Waals surface area contributed by atoms with Crippen molar-refractivity contribution in [3.05, 3.63) is 0 Å². The Balaban J connectivity index is 1.85. The molecule has 1 heterocycles. The molecular weight excluding hydrogens is 234 g/mol. The van der Waals surface area contributed by atoms with Crippen molar-refractivity contribution in [2.24, 2.45) is 5.41 Å². The smallest absolute Gasteiger partial charge is 0.0576 e. The van der Waals surface area contributed by atoms with Gasteiger partial charge < -0.3 is 10.1 Å². The molecule has 2 nitrogen and oxygen atoms in total. The summed E-state index contributed by atoms with van der Waals surface area (Å²) in [5.41, 5.74) is 0.534. The quantitative estimate of drug-likeness (QED) is 0.743. The summed E-state index contributed by atoms with van der Waals surface area (Å²) >= 11 is 0. The summed E-state index contributed by atoms with van der Waals surface area (Å²) in [4.78, 5) is 0. The normalized spacial score (nSPS) is 28.4. The van der Waals surface area contributed by atoms with Gasteiger partial charge in [-0.25, -0.2) is 0 Å². The molecule has 2 heteroatoms. The molecule has 1 aliphatic carbocycles. The Morgan fingerprint density at radius 2 is 2.00 bits per heavy atom. The Kier molecular flexibility index (Phi) is 6.15. The van der Waals surface area contributed by atoms with E-state index >= 15 is 0 Å². The van der Waals surface area contributed by atoms with Crippen molar-refractivity contribution < 1.29 is 4.74 Å². The topological polar surface area (TPSA) is 21.3 Å². The van der Waals surface area contributed by atoms with E-state index in [1.807, 2.05) is 0 Å². The largest absolute Gasteiger partial charge is 0.378 e. The van der Waals surface area contributed by atoms with Crippen LogP contribution in [0.3, 0.4) is 0 Å². The summed E-state index contributed by atoms with van der Waals surface area (Å²) in [7, 11) is 0. The van der Waals surface area contributed by atoms with Crippen LogP contribution in [0, 0.1) is 5.41 Å². The first-order valence-electron chi connectivity index (χ1n) is 8.59. The second-order valence-corrected chi connectivity index (χ2v) is 6.93. The molecule has 2 fully saturated rings. The van der Waals surface area contributed by atoms with Crippen LogP contribution in [0.1, 0.15) is 78.1 Å². The van der Waals surface area contributed by atoms with Crippen LogP contribution in [0.25, 0.3) is 0 Å². The van der Waals surface area contributed by atoms with Gasteiger partial charge in [-0.2, -0.15) is 0 Å². The molecule has 19 heavy (non-hydrogen) atoms. The molecule has 2 unspecified atom stereocenters. The van der Waals surface area contributed by atoms with Gasteiger partial charge in [-0.15, -0.1) is 0 Å². The summed E-state index contributed by atoms with van der Waals surface area (Å²) in [5.74, 6) is 0. The monoisotopic (exact) mass is 267 g/mol. The number of rotatable bonds is 7. The minimum atomic E-state index is 0.534. The maximum Gasteiger partial charge on any atom is 0.0576 e. The van der Waals surface area contributed by atoms with E-state index in [1.165, 1.54) is 70.8 Å². The second kappa shape index (κ2) is 7.64. The molecule has 2 atom stereocenters. The summed E-state index contributed by atoms with van der Waals surface area (Å²) in [6.07, 6.45) is 14.1. The predicted octanol–water partition coefficient (Wildman–Crippen LogP) is 4.28. The second-order valence-electron chi connectivity index (χ2n) is 6.93. The minimum Gasteiger partial charge on any atom is -0.378 e. The SMILES string of the molecule is CCCNC(CCC1CCCO1)C1(C)CCCCC1. The van der Waals surface area contributed by atoms with Crippen molar-refractivity contribution in [3.8, 4) is 0 Å². The zero-order valence-corrected chi connectivity index (χ0v) is 13.0. The van der Waals surface area contributed by atoms with Gasteiger partial charge in [-0.05, 0) is 56.9 Å². The number of hydrogen-bond donors (Lipinski definition) is 1. The highest BCUT2D eigenvalue weighted by molar-refractivity contribution is 4.90. The molecule has 1 aliphatic heterocycles. The minimum absolute atomic E-state index is 0.534. The third-order valence-corrected chi connectivity index (χ3v) is 5.28. The molecule has 0 aromatic rings. The van der Waals surface area contributed by atoms with Crippen LogP contribution in [0.5, 0.6) is 0 Å². The molecule has 1 N–H and O–H groups in total. The average Bonchev–Trinajstić information content (AvgIpc) is 2.92.